The van der Waals surface area contributed by atoms with E-state index in [2.05, 4.69) is 17.1 Å². The summed E-state index contributed by atoms with van der Waals surface area (Å²) in [5.74, 6) is -0.402. The van der Waals surface area contributed by atoms with E-state index in [0.717, 1.165) is 11.1 Å². The quantitative estimate of drug-likeness (QED) is 0.202. The van der Waals surface area contributed by atoms with Crippen molar-refractivity contribution in [1.82, 2.24) is 9.55 Å². The Kier molecular flexibility index (Phi) is 6.22. The van der Waals surface area contributed by atoms with Gasteiger partial charge in [-0.15, -0.1) is 0 Å². The van der Waals surface area contributed by atoms with Crippen molar-refractivity contribution < 1.29 is 19.1 Å². The van der Waals surface area contributed by atoms with E-state index >= 15 is 0 Å². The summed E-state index contributed by atoms with van der Waals surface area (Å²) in [7, 11) is 1.49. The van der Waals surface area contributed by atoms with Crippen LogP contribution in [-0.2, 0) is 16.1 Å². The van der Waals surface area contributed by atoms with E-state index in [1.807, 2.05) is 41.0 Å². The number of ether oxygens (including phenoxy) is 2. The maximum Gasteiger partial charge on any atom is 0.308 e. The summed E-state index contributed by atoms with van der Waals surface area (Å²) in [6.45, 7) is 1.96. The fourth-order valence-corrected chi connectivity index (χ4v) is 3.68. The molecule has 0 bridgehead atoms. The lowest BCUT2D eigenvalue weighted by Gasteiger charge is -2.10. The highest BCUT2D eigenvalue weighted by Crippen LogP contribution is 2.31. The van der Waals surface area contributed by atoms with Gasteiger partial charge in [-0.2, -0.15) is 0 Å². The molecule has 0 saturated heterocycles. The van der Waals surface area contributed by atoms with E-state index in [-0.39, 0.29) is 5.75 Å². The number of hydrogen-bond acceptors (Lipinski definition) is 5. The van der Waals surface area contributed by atoms with Gasteiger partial charge in [-0.1, -0.05) is 48.5 Å². The molecule has 0 atom stereocenters. The number of rotatable bonds is 7. The average Bonchev–Trinajstić information content (AvgIpc) is 3.21. The van der Waals surface area contributed by atoms with Crippen LogP contribution in [-0.4, -0.2) is 28.5 Å². The number of esters is 1. The summed E-state index contributed by atoms with van der Waals surface area (Å²) in [4.78, 5) is 28.5. The number of amides is 1. The second-order valence-corrected chi connectivity index (χ2v) is 7.46. The van der Waals surface area contributed by atoms with Crippen LogP contribution in [0, 0.1) is 0 Å². The predicted octanol–water partition coefficient (Wildman–Crippen LogP) is 4.04. The number of nitrogens with zero attached hydrogens (tertiary/aromatic N) is 2. The van der Waals surface area contributed by atoms with E-state index in [1.54, 1.807) is 30.6 Å². The first kappa shape index (κ1) is 21.8. The number of para-hydroxylation sites is 1. The van der Waals surface area contributed by atoms with Gasteiger partial charge in [-0.25, -0.2) is 4.98 Å². The predicted molar refractivity (Wildman–Crippen MR) is 127 cm³/mol. The molecule has 33 heavy (non-hydrogen) atoms. The molecule has 2 N–H and O–H groups in total. The zero-order valence-electron chi connectivity index (χ0n) is 18.3. The maximum atomic E-state index is 12.4. The Hall–Kier alpha value is -4.39. The lowest BCUT2D eigenvalue weighted by Crippen LogP contribution is -2.13. The number of benzene rings is 3. The topological polar surface area (TPSA) is 96.4 Å². The van der Waals surface area contributed by atoms with Crippen LogP contribution in [0.25, 0.3) is 22.7 Å². The highest BCUT2D eigenvalue weighted by molar-refractivity contribution is 6.26. The van der Waals surface area contributed by atoms with Gasteiger partial charge < -0.3 is 19.8 Å². The average molecular weight is 441 g/mol. The number of fused-ring (bicyclic) bond motifs is 1. The van der Waals surface area contributed by atoms with Crippen molar-refractivity contribution in [2.45, 2.75) is 13.5 Å². The van der Waals surface area contributed by atoms with Crippen molar-refractivity contribution in [3.05, 3.63) is 89.7 Å². The zero-order valence-corrected chi connectivity index (χ0v) is 18.3. The van der Waals surface area contributed by atoms with Crippen LogP contribution in [0.15, 0.2) is 73.1 Å². The minimum absolute atomic E-state index is 0.257. The minimum Gasteiger partial charge on any atom is -0.493 e. The van der Waals surface area contributed by atoms with E-state index < -0.39 is 11.9 Å². The smallest absolute Gasteiger partial charge is 0.308 e. The Morgan fingerprint density at radius 1 is 1.03 bits per heavy atom. The summed E-state index contributed by atoms with van der Waals surface area (Å²) in [6, 6.07) is 20.7. The van der Waals surface area contributed by atoms with E-state index in [1.165, 1.54) is 14.0 Å². The third kappa shape index (κ3) is 4.77. The standard InChI is InChI=1S/C26H23N3O4/c1-17(30)33-24-14-19(11-12-23(24)32-2)13-21(26(27)31)20-9-6-10-22-25(20)28-16-29(22)15-18-7-4-3-5-8-18/h3-14,16H,15H2,1-2H3,(H2,27,31). The molecular weight excluding hydrogens is 418 g/mol. The number of aromatic nitrogens is 2. The highest BCUT2D eigenvalue weighted by atomic mass is 16.6. The molecule has 7 heteroatoms. The van der Waals surface area contributed by atoms with Crippen LogP contribution in [0.2, 0.25) is 0 Å². The number of primary amides is 1. The minimum atomic E-state index is -0.593. The molecular formula is C26H23N3O4. The van der Waals surface area contributed by atoms with Gasteiger partial charge in [-0.05, 0) is 35.4 Å². The Morgan fingerprint density at radius 2 is 1.82 bits per heavy atom. The van der Waals surface area contributed by atoms with Gasteiger partial charge in [0.1, 0.15) is 0 Å². The number of imidazole rings is 1. The van der Waals surface area contributed by atoms with Crippen LogP contribution < -0.4 is 15.2 Å². The lowest BCUT2D eigenvalue weighted by atomic mass is 10.0. The van der Waals surface area contributed by atoms with Crippen molar-refractivity contribution in [2.24, 2.45) is 5.73 Å². The first-order valence-corrected chi connectivity index (χ1v) is 10.3. The van der Waals surface area contributed by atoms with Crippen LogP contribution in [0.5, 0.6) is 11.5 Å². The lowest BCUT2D eigenvalue weighted by molar-refractivity contribution is -0.132. The largest absolute Gasteiger partial charge is 0.493 e. The van der Waals surface area contributed by atoms with Crippen LogP contribution in [0.3, 0.4) is 0 Å². The molecule has 1 amide bonds. The van der Waals surface area contributed by atoms with Gasteiger partial charge >= 0.3 is 5.97 Å². The molecule has 0 aliphatic heterocycles. The third-order valence-corrected chi connectivity index (χ3v) is 5.15. The Balaban J connectivity index is 1.77. The van der Waals surface area contributed by atoms with Gasteiger partial charge in [0.2, 0.25) is 5.91 Å². The normalized spacial score (nSPS) is 11.4. The van der Waals surface area contributed by atoms with E-state index in [4.69, 9.17) is 15.2 Å². The molecule has 3 aromatic carbocycles. The first-order valence-electron chi connectivity index (χ1n) is 10.3. The van der Waals surface area contributed by atoms with Gasteiger partial charge in [0.15, 0.2) is 11.5 Å². The highest BCUT2D eigenvalue weighted by Gasteiger charge is 2.16. The van der Waals surface area contributed by atoms with Gasteiger partial charge in [-0.3, -0.25) is 9.59 Å². The monoisotopic (exact) mass is 441 g/mol. The second-order valence-electron chi connectivity index (χ2n) is 7.46. The zero-order chi connectivity index (χ0) is 23.4. The first-order chi connectivity index (χ1) is 16.0. The molecule has 0 saturated carbocycles. The molecule has 7 nitrogen and oxygen atoms in total. The molecule has 4 rings (SSSR count). The molecule has 0 aliphatic rings. The van der Waals surface area contributed by atoms with Gasteiger partial charge in [0.25, 0.3) is 0 Å². The molecule has 0 radical (unpaired) electrons. The Morgan fingerprint density at radius 3 is 2.52 bits per heavy atom. The number of nitrogens with two attached hydrogens (primary N) is 1. The molecule has 0 aliphatic carbocycles. The number of carbonyl (C=O) groups is 2. The summed E-state index contributed by atoms with van der Waals surface area (Å²) in [6.07, 6.45) is 3.41. The molecule has 166 valence electrons. The fraction of sp³-hybridized carbons (Fsp3) is 0.115. The molecule has 0 fully saturated rings. The molecule has 1 heterocycles. The van der Waals surface area contributed by atoms with Crippen molar-refractivity contribution in [3.63, 3.8) is 0 Å². The maximum absolute atomic E-state index is 12.4. The van der Waals surface area contributed by atoms with Gasteiger partial charge in [0, 0.05) is 24.6 Å². The van der Waals surface area contributed by atoms with Crippen LogP contribution in [0.4, 0.5) is 0 Å². The summed E-state index contributed by atoms with van der Waals surface area (Å²) in [5.41, 5.74) is 10.0. The van der Waals surface area contributed by atoms with Crippen molar-refractivity contribution in [2.75, 3.05) is 7.11 Å². The molecule has 0 unspecified atom stereocenters. The van der Waals surface area contributed by atoms with Crippen molar-refractivity contribution in [3.8, 4) is 11.5 Å². The SMILES string of the molecule is COc1ccc(C=C(C(N)=O)c2cccc3c2ncn3Cc2ccccc2)cc1OC(C)=O. The summed E-state index contributed by atoms with van der Waals surface area (Å²) >= 11 is 0. The van der Waals surface area contributed by atoms with Crippen molar-refractivity contribution in [1.29, 1.82) is 0 Å². The van der Waals surface area contributed by atoms with E-state index in [0.29, 0.717) is 34.5 Å². The van der Waals surface area contributed by atoms with Gasteiger partial charge in [0.05, 0.1) is 24.5 Å². The Bertz CT molecular complexity index is 1360. The van der Waals surface area contributed by atoms with Crippen LogP contribution in [0.1, 0.15) is 23.6 Å². The van der Waals surface area contributed by atoms with Crippen LogP contribution >= 0.6 is 0 Å². The fourth-order valence-electron chi connectivity index (χ4n) is 3.68. The van der Waals surface area contributed by atoms with E-state index in [9.17, 15) is 9.59 Å². The molecule has 1 aromatic heterocycles. The number of carbonyl (C=O) groups excluding carboxylic acids is 2. The molecule has 0 spiro atoms. The van der Waals surface area contributed by atoms with Crippen molar-refractivity contribution >= 4 is 34.6 Å². The number of methoxy groups -OCH3 is 1. The summed E-state index contributed by atoms with van der Waals surface area (Å²) < 4.78 is 12.5. The second kappa shape index (κ2) is 9.40. The summed E-state index contributed by atoms with van der Waals surface area (Å²) in [5, 5.41) is 0. The molecule has 4 aromatic rings. The number of hydrogen-bond donors (Lipinski definition) is 1. The third-order valence-electron chi connectivity index (χ3n) is 5.15. The Labute approximate surface area is 191 Å².